The molecule has 0 fully saturated rings. The predicted octanol–water partition coefficient (Wildman–Crippen LogP) is 5.79. The molecule has 220 valence electrons. The molecule has 12 heteroatoms. The molecule has 2 aromatic heterocycles. The van der Waals surface area contributed by atoms with Gasteiger partial charge in [0.05, 0.1) is 31.8 Å². The highest BCUT2D eigenvalue weighted by molar-refractivity contribution is 6.31. The number of carbonyl (C=O) groups excluding carboxylic acids is 1. The molecule has 0 radical (unpaired) electrons. The van der Waals surface area contributed by atoms with Gasteiger partial charge in [-0.2, -0.15) is 0 Å². The molecule has 2 N–H and O–H groups in total. The highest BCUT2D eigenvalue weighted by atomic mass is 35.5. The van der Waals surface area contributed by atoms with Crippen LogP contribution in [0.4, 0.5) is 14.5 Å². The molecule has 0 aliphatic carbocycles. The minimum absolute atomic E-state index is 0.0954. The fourth-order valence-corrected chi connectivity index (χ4v) is 4.89. The number of anilines is 1. The normalized spacial score (nSPS) is 11.8. The number of methoxy groups -OCH3 is 1. The van der Waals surface area contributed by atoms with Crippen molar-refractivity contribution < 1.29 is 23.4 Å². The molecule has 0 saturated carbocycles. The molecule has 0 spiro atoms. The van der Waals surface area contributed by atoms with E-state index in [1.165, 1.54) is 52.9 Å². The van der Waals surface area contributed by atoms with Gasteiger partial charge in [0.1, 0.15) is 29.1 Å². The highest BCUT2D eigenvalue weighted by Gasteiger charge is 2.24. The highest BCUT2D eigenvalue weighted by Crippen LogP contribution is 2.36. The molecule has 0 aliphatic heterocycles. The van der Waals surface area contributed by atoms with Crippen LogP contribution in [-0.4, -0.2) is 37.7 Å². The third-order valence-corrected chi connectivity index (χ3v) is 7.12. The maximum absolute atomic E-state index is 14.1. The lowest BCUT2D eigenvalue weighted by Gasteiger charge is -2.21. The van der Waals surface area contributed by atoms with Crippen LogP contribution in [0.25, 0.3) is 28.1 Å². The van der Waals surface area contributed by atoms with Crippen LogP contribution in [0, 0.1) is 11.6 Å². The Hall–Kier alpha value is -4.87. The Balaban J connectivity index is 1.52. The summed E-state index contributed by atoms with van der Waals surface area (Å²) in [5.74, 6) is -1.33. The Bertz CT molecular complexity index is 1870. The number of benzene rings is 3. The fourth-order valence-electron chi connectivity index (χ4n) is 4.72. The number of nitrogens with one attached hydrogen (secondary N) is 1. The Morgan fingerprint density at radius 1 is 1.07 bits per heavy atom. The number of halogens is 3. The minimum Gasteiger partial charge on any atom is -0.495 e. The van der Waals surface area contributed by atoms with Gasteiger partial charge in [-0.3, -0.25) is 14.2 Å². The van der Waals surface area contributed by atoms with Crippen molar-refractivity contribution in [3.63, 3.8) is 0 Å². The van der Waals surface area contributed by atoms with Crippen LogP contribution in [0.1, 0.15) is 24.9 Å². The molecule has 1 amide bonds. The van der Waals surface area contributed by atoms with E-state index in [4.69, 9.17) is 16.3 Å². The van der Waals surface area contributed by atoms with Crippen molar-refractivity contribution in [2.75, 3.05) is 12.4 Å². The van der Waals surface area contributed by atoms with Crippen molar-refractivity contribution in [1.29, 1.82) is 0 Å². The van der Waals surface area contributed by atoms with Crippen LogP contribution < -0.4 is 15.6 Å². The molecule has 0 saturated heterocycles. The summed E-state index contributed by atoms with van der Waals surface area (Å²) in [7, 11) is 1.43. The van der Waals surface area contributed by atoms with Gasteiger partial charge in [-0.1, -0.05) is 41.9 Å². The molecule has 0 aliphatic rings. The van der Waals surface area contributed by atoms with Gasteiger partial charge in [0.25, 0.3) is 5.56 Å². The van der Waals surface area contributed by atoms with Gasteiger partial charge in [-0.25, -0.2) is 13.5 Å². The van der Waals surface area contributed by atoms with Crippen LogP contribution in [0.2, 0.25) is 5.02 Å². The number of aliphatic hydroxyl groups is 1. The molecular weight excluding hydrogens is 580 g/mol. The van der Waals surface area contributed by atoms with Crippen molar-refractivity contribution in [2.45, 2.75) is 26.0 Å². The number of pyridine rings is 1. The van der Waals surface area contributed by atoms with Crippen LogP contribution in [0.5, 0.6) is 5.75 Å². The average molecular weight is 606 g/mol. The molecule has 1 atom stereocenters. The molecule has 9 nitrogen and oxygen atoms in total. The third kappa shape index (κ3) is 6.18. The number of carbonyl (C=O) groups is 1. The van der Waals surface area contributed by atoms with Crippen molar-refractivity contribution in [2.24, 2.45) is 0 Å². The van der Waals surface area contributed by atoms with Gasteiger partial charge in [0, 0.05) is 39.0 Å². The number of nitrogens with zero attached hydrogens (tertiary/aromatic N) is 4. The average Bonchev–Trinajstić information content (AvgIpc) is 3.48. The summed E-state index contributed by atoms with van der Waals surface area (Å²) in [6.07, 6.45) is 3.31. The van der Waals surface area contributed by atoms with Gasteiger partial charge in [0.2, 0.25) is 5.91 Å². The van der Waals surface area contributed by atoms with E-state index < -0.39 is 35.7 Å². The molecule has 1 unspecified atom stereocenters. The SMILES string of the molecule is CCC(C(=O)Nc1ccc(CO)c(F)c1)n1cc(OC)c(-c2cc(Cl)ccc2-n2cc(-c3cccc(F)c3)nn2)cc1=O. The van der Waals surface area contributed by atoms with E-state index in [-0.39, 0.29) is 23.4 Å². The number of amides is 1. The Morgan fingerprint density at radius 3 is 2.58 bits per heavy atom. The maximum atomic E-state index is 14.1. The third-order valence-electron chi connectivity index (χ3n) is 6.89. The zero-order valence-electron chi connectivity index (χ0n) is 23.1. The second kappa shape index (κ2) is 12.6. The molecule has 2 heterocycles. The smallest absolute Gasteiger partial charge is 0.252 e. The summed E-state index contributed by atoms with van der Waals surface area (Å²) in [5.41, 5.74) is 2.17. The van der Waals surface area contributed by atoms with Crippen molar-refractivity contribution in [3.05, 3.63) is 112 Å². The quantitative estimate of drug-likeness (QED) is 0.220. The van der Waals surface area contributed by atoms with Gasteiger partial charge < -0.3 is 15.2 Å². The van der Waals surface area contributed by atoms with Crippen LogP contribution in [0.3, 0.4) is 0 Å². The van der Waals surface area contributed by atoms with Crippen molar-refractivity contribution in [1.82, 2.24) is 19.6 Å². The van der Waals surface area contributed by atoms with E-state index in [1.54, 1.807) is 43.5 Å². The van der Waals surface area contributed by atoms with E-state index in [2.05, 4.69) is 15.6 Å². The van der Waals surface area contributed by atoms with Gasteiger partial charge in [-0.05, 0) is 48.9 Å². The largest absolute Gasteiger partial charge is 0.495 e. The Morgan fingerprint density at radius 2 is 1.88 bits per heavy atom. The Labute approximate surface area is 249 Å². The molecule has 3 aromatic carbocycles. The van der Waals surface area contributed by atoms with Gasteiger partial charge in [-0.15, -0.1) is 5.10 Å². The number of hydrogen-bond donors (Lipinski definition) is 2. The van der Waals surface area contributed by atoms with E-state index in [0.717, 1.165) is 6.07 Å². The first-order chi connectivity index (χ1) is 20.7. The molecule has 5 aromatic rings. The van der Waals surface area contributed by atoms with E-state index in [1.807, 2.05) is 0 Å². The minimum atomic E-state index is -0.945. The molecule has 43 heavy (non-hydrogen) atoms. The van der Waals surface area contributed by atoms with Crippen LogP contribution in [0.15, 0.2) is 83.9 Å². The lowest BCUT2D eigenvalue weighted by atomic mass is 10.0. The first-order valence-electron chi connectivity index (χ1n) is 13.2. The van der Waals surface area contributed by atoms with Gasteiger partial charge >= 0.3 is 0 Å². The first-order valence-corrected chi connectivity index (χ1v) is 13.6. The fraction of sp³-hybridized carbons (Fsp3) is 0.161. The number of rotatable bonds is 9. The van der Waals surface area contributed by atoms with Crippen LogP contribution >= 0.6 is 11.6 Å². The van der Waals surface area contributed by atoms with E-state index >= 15 is 0 Å². The van der Waals surface area contributed by atoms with Crippen molar-refractivity contribution >= 4 is 23.2 Å². The second-order valence-corrected chi connectivity index (χ2v) is 10.0. The lowest BCUT2D eigenvalue weighted by Crippen LogP contribution is -2.32. The van der Waals surface area contributed by atoms with E-state index in [9.17, 15) is 23.5 Å². The van der Waals surface area contributed by atoms with Crippen LogP contribution in [-0.2, 0) is 11.4 Å². The van der Waals surface area contributed by atoms with E-state index in [0.29, 0.717) is 33.1 Å². The zero-order valence-corrected chi connectivity index (χ0v) is 23.8. The summed E-state index contributed by atoms with van der Waals surface area (Å²) in [5, 5.41) is 20.6. The summed E-state index contributed by atoms with van der Waals surface area (Å²) in [6.45, 7) is 1.26. The summed E-state index contributed by atoms with van der Waals surface area (Å²) in [4.78, 5) is 26.7. The maximum Gasteiger partial charge on any atom is 0.252 e. The second-order valence-electron chi connectivity index (χ2n) is 9.60. The monoisotopic (exact) mass is 605 g/mol. The summed E-state index contributed by atoms with van der Waals surface area (Å²) < 4.78 is 36.3. The first kappa shape index (κ1) is 29.6. The standard InChI is InChI=1S/C31H26ClF2N5O4/c1-3-27(31(42)35-22-9-7-19(17-40)25(34)13-22)38-16-29(43-2)24(14-30(38)41)23-12-20(32)8-10-28(23)39-15-26(36-37-39)18-5-4-6-21(33)11-18/h4-16,27,40H,3,17H2,1-2H3,(H,35,42). The topological polar surface area (TPSA) is 111 Å². The predicted molar refractivity (Wildman–Crippen MR) is 158 cm³/mol. The number of aliphatic hydroxyl groups excluding tert-OH is 1. The molecular formula is C31H26ClF2N5O4. The Kier molecular flexibility index (Phi) is 8.65. The molecule has 5 rings (SSSR count). The van der Waals surface area contributed by atoms with Gasteiger partial charge in [0.15, 0.2) is 0 Å². The number of ether oxygens (including phenoxy) is 1. The van der Waals surface area contributed by atoms with Crippen molar-refractivity contribution in [3.8, 4) is 33.8 Å². The zero-order chi connectivity index (χ0) is 30.7. The summed E-state index contributed by atoms with van der Waals surface area (Å²) >= 11 is 6.36. The summed E-state index contributed by atoms with van der Waals surface area (Å²) in [6, 6.07) is 15.3. The lowest BCUT2D eigenvalue weighted by molar-refractivity contribution is -0.119. The molecule has 0 bridgehead atoms. The number of hydrogen-bond acceptors (Lipinski definition) is 6. The number of aromatic nitrogens is 4.